The molecular formula is C14H8ClF4NO. The number of hydrogen-bond donors (Lipinski definition) is 1. The van der Waals surface area contributed by atoms with E-state index in [0.29, 0.717) is 6.07 Å². The molecule has 0 saturated carbocycles. The van der Waals surface area contributed by atoms with Crippen molar-refractivity contribution < 1.29 is 22.4 Å². The minimum atomic E-state index is -4.53. The van der Waals surface area contributed by atoms with Crippen LogP contribution >= 0.6 is 11.6 Å². The van der Waals surface area contributed by atoms with Gasteiger partial charge in [-0.15, -0.1) is 0 Å². The van der Waals surface area contributed by atoms with E-state index < -0.39 is 23.5 Å². The van der Waals surface area contributed by atoms with Crippen LogP contribution in [0.5, 0.6) is 0 Å². The number of halogens is 5. The molecule has 2 aromatic carbocycles. The van der Waals surface area contributed by atoms with Crippen molar-refractivity contribution in [1.82, 2.24) is 0 Å². The Balaban J connectivity index is 2.25. The Morgan fingerprint density at radius 2 is 1.76 bits per heavy atom. The maximum atomic E-state index is 13.4. The van der Waals surface area contributed by atoms with Gasteiger partial charge in [0.2, 0.25) is 0 Å². The Hall–Kier alpha value is -2.08. The molecule has 0 aliphatic rings. The van der Waals surface area contributed by atoms with Gasteiger partial charge in [-0.2, -0.15) is 13.2 Å². The topological polar surface area (TPSA) is 29.1 Å². The number of nitrogens with one attached hydrogen (secondary N) is 1. The van der Waals surface area contributed by atoms with Crippen molar-refractivity contribution in [3.63, 3.8) is 0 Å². The third kappa shape index (κ3) is 3.52. The maximum Gasteiger partial charge on any atom is 0.416 e. The number of rotatable bonds is 2. The van der Waals surface area contributed by atoms with Gasteiger partial charge in [0.15, 0.2) is 0 Å². The van der Waals surface area contributed by atoms with Crippen LogP contribution in [0.1, 0.15) is 15.9 Å². The standard InChI is InChI=1S/C14H8ClF4NO/c15-10-7-8(14(17,18)19)5-6-12(10)20-13(21)9-3-1-2-4-11(9)16/h1-7H,(H,20,21). The first-order valence-electron chi connectivity index (χ1n) is 5.71. The highest BCUT2D eigenvalue weighted by Gasteiger charge is 2.31. The van der Waals surface area contributed by atoms with E-state index in [1.54, 1.807) is 0 Å². The SMILES string of the molecule is O=C(Nc1ccc(C(F)(F)F)cc1Cl)c1ccccc1F. The summed E-state index contributed by atoms with van der Waals surface area (Å²) in [5.41, 5.74) is -1.19. The second kappa shape index (κ2) is 5.73. The zero-order chi connectivity index (χ0) is 15.6. The van der Waals surface area contributed by atoms with Gasteiger partial charge in [0, 0.05) is 0 Å². The molecule has 1 amide bonds. The summed E-state index contributed by atoms with van der Waals surface area (Å²) in [5, 5.41) is 1.98. The van der Waals surface area contributed by atoms with Crippen LogP contribution in [-0.4, -0.2) is 5.91 Å². The van der Waals surface area contributed by atoms with Crippen molar-refractivity contribution in [2.45, 2.75) is 6.18 Å². The lowest BCUT2D eigenvalue weighted by Gasteiger charge is -2.11. The van der Waals surface area contributed by atoms with Gasteiger partial charge in [0.1, 0.15) is 5.82 Å². The Bertz CT molecular complexity index is 685. The molecule has 0 aromatic heterocycles. The highest BCUT2D eigenvalue weighted by molar-refractivity contribution is 6.34. The zero-order valence-corrected chi connectivity index (χ0v) is 11.1. The van der Waals surface area contributed by atoms with Gasteiger partial charge in [-0.25, -0.2) is 4.39 Å². The normalized spacial score (nSPS) is 11.3. The molecule has 0 fully saturated rings. The summed E-state index contributed by atoms with van der Waals surface area (Å²) in [6.45, 7) is 0. The number of carbonyl (C=O) groups is 1. The van der Waals surface area contributed by atoms with Gasteiger partial charge in [-0.3, -0.25) is 4.79 Å². The van der Waals surface area contributed by atoms with Crippen molar-refractivity contribution in [3.8, 4) is 0 Å². The summed E-state index contributed by atoms with van der Waals surface area (Å²) >= 11 is 5.70. The first-order chi connectivity index (χ1) is 9.79. The fraction of sp³-hybridized carbons (Fsp3) is 0.0714. The van der Waals surface area contributed by atoms with E-state index in [1.807, 2.05) is 0 Å². The molecule has 0 bridgehead atoms. The van der Waals surface area contributed by atoms with E-state index in [2.05, 4.69) is 5.32 Å². The molecule has 1 N–H and O–H groups in total. The molecule has 0 aliphatic carbocycles. The molecule has 0 spiro atoms. The van der Waals surface area contributed by atoms with Crippen molar-refractivity contribution in [2.24, 2.45) is 0 Å². The van der Waals surface area contributed by atoms with Crippen LogP contribution in [0.2, 0.25) is 5.02 Å². The average Bonchev–Trinajstić information content (AvgIpc) is 2.40. The van der Waals surface area contributed by atoms with Crippen molar-refractivity contribution in [1.29, 1.82) is 0 Å². The fourth-order valence-electron chi connectivity index (χ4n) is 1.63. The van der Waals surface area contributed by atoms with Crippen molar-refractivity contribution in [3.05, 3.63) is 64.4 Å². The van der Waals surface area contributed by atoms with E-state index in [1.165, 1.54) is 18.2 Å². The summed E-state index contributed by atoms with van der Waals surface area (Å²) in [7, 11) is 0. The molecular weight excluding hydrogens is 310 g/mol. The van der Waals surface area contributed by atoms with Gasteiger partial charge in [0.05, 0.1) is 21.8 Å². The van der Waals surface area contributed by atoms with Crippen molar-refractivity contribution in [2.75, 3.05) is 5.32 Å². The number of hydrogen-bond acceptors (Lipinski definition) is 1. The fourth-order valence-corrected chi connectivity index (χ4v) is 1.86. The van der Waals surface area contributed by atoms with Crippen LogP contribution in [-0.2, 0) is 6.18 Å². The lowest BCUT2D eigenvalue weighted by molar-refractivity contribution is -0.137. The number of amides is 1. The van der Waals surface area contributed by atoms with Gasteiger partial charge >= 0.3 is 6.18 Å². The summed E-state index contributed by atoms with van der Waals surface area (Å²) in [6, 6.07) is 7.72. The molecule has 21 heavy (non-hydrogen) atoms. The van der Waals surface area contributed by atoms with Crippen LogP contribution in [0, 0.1) is 5.82 Å². The zero-order valence-electron chi connectivity index (χ0n) is 10.3. The monoisotopic (exact) mass is 317 g/mol. The highest BCUT2D eigenvalue weighted by Crippen LogP contribution is 2.33. The minimum absolute atomic E-state index is 0.0297. The number of carbonyl (C=O) groups excluding carboxylic acids is 1. The molecule has 110 valence electrons. The molecule has 0 unspecified atom stereocenters. The van der Waals surface area contributed by atoms with Gasteiger partial charge in [0.25, 0.3) is 5.91 Å². The molecule has 0 saturated heterocycles. The van der Waals surface area contributed by atoms with Crippen LogP contribution in [0.3, 0.4) is 0 Å². The predicted molar refractivity (Wildman–Crippen MR) is 70.8 cm³/mol. The summed E-state index contributed by atoms with van der Waals surface area (Å²) < 4.78 is 50.9. The average molecular weight is 318 g/mol. The van der Waals surface area contributed by atoms with E-state index in [4.69, 9.17) is 11.6 Å². The summed E-state index contributed by atoms with van der Waals surface area (Å²) in [4.78, 5) is 11.8. The molecule has 2 aromatic rings. The summed E-state index contributed by atoms with van der Waals surface area (Å²) in [6.07, 6.45) is -4.53. The van der Waals surface area contributed by atoms with Gasteiger partial charge in [-0.05, 0) is 30.3 Å². The molecule has 0 atom stereocenters. The molecule has 2 rings (SSSR count). The summed E-state index contributed by atoms with van der Waals surface area (Å²) in [5.74, 6) is -1.53. The quantitative estimate of drug-likeness (QED) is 0.796. The Morgan fingerprint density at radius 1 is 1.10 bits per heavy atom. The van der Waals surface area contributed by atoms with E-state index >= 15 is 0 Å². The van der Waals surface area contributed by atoms with Crippen LogP contribution < -0.4 is 5.32 Å². The van der Waals surface area contributed by atoms with Crippen molar-refractivity contribution >= 4 is 23.2 Å². The molecule has 2 nitrogen and oxygen atoms in total. The van der Waals surface area contributed by atoms with Crippen LogP contribution in [0.25, 0.3) is 0 Å². The van der Waals surface area contributed by atoms with E-state index in [0.717, 1.165) is 18.2 Å². The van der Waals surface area contributed by atoms with Crippen LogP contribution in [0.4, 0.5) is 23.2 Å². The first kappa shape index (κ1) is 15.3. The lowest BCUT2D eigenvalue weighted by atomic mass is 10.1. The molecule has 7 heteroatoms. The Morgan fingerprint density at radius 3 is 2.33 bits per heavy atom. The third-order valence-electron chi connectivity index (χ3n) is 2.66. The second-order valence-corrected chi connectivity index (χ2v) is 4.53. The molecule has 0 radical (unpaired) electrons. The second-order valence-electron chi connectivity index (χ2n) is 4.13. The highest BCUT2D eigenvalue weighted by atomic mass is 35.5. The third-order valence-corrected chi connectivity index (χ3v) is 2.98. The maximum absolute atomic E-state index is 13.4. The van der Waals surface area contributed by atoms with Gasteiger partial charge in [-0.1, -0.05) is 23.7 Å². The Kier molecular flexibility index (Phi) is 4.18. The Labute approximate surface area is 122 Å². The largest absolute Gasteiger partial charge is 0.416 e. The predicted octanol–water partition coefficient (Wildman–Crippen LogP) is 4.75. The van der Waals surface area contributed by atoms with E-state index in [-0.39, 0.29) is 16.3 Å². The molecule has 0 aliphatic heterocycles. The molecule has 0 heterocycles. The minimum Gasteiger partial charge on any atom is -0.321 e. The number of benzene rings is 2. The van der Waals surface area contributed by atoms with Crippen LogP contribution in [0.15, 0.2) is 42.5 Å². The number of alkyl halides is 3. The lowest BCUT2D eigenvalue weighted by Crippen LogP contribution is -2.14. The van der Waals surface area contributed by atoms with Gasteiger partial charge < -0.3 is 5.32 Å². The smallest absolute Gasteiger partial charge is 0.321 e. The first-order valence-corrected chi connectivity index (χ1v) is 6.09. The van der Waals surface area contributed by atoms with E-state index in [9.17, 15) is 22.4 Å². The number of anilines is 1.